The van der Waals surface area contributed by atoms with Crippen LogP contribution in [0.3, 0.4) is 0 Å². The molecule has 0 radical (unpaired) electrons. The van der Waals surface area contributed by atoms with Gasteiger partial charge in [0.2, 0.25) is 0 Å². The highest BCUT2D eigenvalue weighted by molar-refractivity contribution is 5.23. The zero-order chi connectivity index (χ0) is 11.8. The lowest BCUT2D eigenvalue weighted by atomic mass is 10.1. The summed E-state index contributed by atoms with van der Waals surface area (Å²) < 4.78 is 5.02. The van der Waals surface area contributed by atoms with Crippen LogP contribution >= 0.6 is 0 Å². The largest absolute Gasteiger partial charge is 0.385 e. The fraction of sp³-hybridized carbons (Fsp3) is 0.571. The summed E-state index contributed by atoms with van der Waals surface area (Å²) in [6, 6.07) is 9.16. The van der Waals surface area contributed by atoms with E-state index < -0.39 is 0 Å². The third kappa shape index (κ3) is 4.77. The lowest BCUT2D eigenvalue weighted by molar-refractivity contribution is 0.192. The van der Waals surface area contributed by atoms with Gasteiger partial charge in [-0.1, -0.05) is 29.8 Å². The van der Waals surface area contributed by atoms with E-state index >= 15 is 0 Å². The number of aryl methyl sites for hydroxylation is 1. The van der Waals surface area contributed by atoms with E-state index in [2.05, 4.69) is 43.4 Å². The Kier molecular flexibility index (Phi) is 6.12. The molecular weight excluding hydrogens is 198 g/mol. The normalized spacial score (nSPS) is 12.7. The number of benzene rings is 1. The first-order valence-corrected chi connectivity index (χ1v) is 6.03. The molecule has 0 unspecified atom stereocenters. The number of methoxy groups -OCH3 is 1. The van der Waals surface area contributed by atoms with Crippen molar-refractivity contribution in [1.82, 2.24) is 5.32 Å². The standard InChI is InChI=1S/C14H23NO/c1-12-6-8-14(9-7-12)13(2)15-10-4-5-11-16-3/h6-9,13,15H,4-5,10-11H2,1-3H3/t13-/m0/s1. The Bertz CT molecular complexity index is 281. The molecule has 1 atom stereocenters. The molecular formula is C14H23NO. The van der Waals surface area contributed by atoms with Crippen LogP contribution in [0.4, 0.5) is 0 Å². The van der Waals surface area contributed by atoms with Crippen molar-refractivity contribution in [1.29, 1.82) is 0 Å². The van der Waals surface area contributed by atoms with Crippen LogP contribution in [0.25, 0.3) is 0 Å². The molecule has 16 heavy (non-hydrogen) atoms. The maximum absolute atomic E-state index is 5.02. The van der Waals surface area contributed by atoms with Crippen molar-refractivity contribution in [3.8, 4) is 0 Å². The van der Waals surface area contributed by atoms with Crippen LogP contribution in [0, 0.1) is 6.92 Å². The highest BCUT2D eigenvalue weighted by Gasteiger charge is 2.02. The van der Waals surface area contributed by atoms with Crippen molar-refractivity contribution >= 4 is 0 Å². The highest BCUT2D eigenvalue weighted by atomic mass is 16.5. The van der Waals surface area contributed by atoms with Crippen LogP contribution in [0.15, 0.2) is 24.3 Å². The second kappa shape index (κ2) is 7.42. The van der Waals surface area contributed by atoms with E-state index in [0.717, 1.165) is 19.6 Å². The first-order valence-electron chi connectivity index (χ1n) is 6.03. The van der Waals surface area contributed by atoms with Gasteiger partial charge in [0.05, 0.1) is 0 Å². The van der Waals surface area contributed by atoms with Crippen molar-refractivity contribution in [3.05, 3.63) is 35.4 Å². The second-order valence-corrected chi connectivity index (χ2v) is 4.29. The molecule has 0 saturated heterocycles. The van der Waals surface area contributed by atoms with Crippen LogP contribution in [-0.4, -0.2) is 20.3 Å². The third-order valence-electron chi connectivity index (χ3n) is 2.80. The predicted octanol–water partition coefficient (Wildman–Crippen LogP) is 3.07. The molecule has 0 aliphatic heterocycles. The fourth-order valence-electron chi connectivity index (χ4n) is 1.66. The molecule has 1 aromatic rings. The Morgan fingerprint density at radius 2 is 1.88 bits per heavy atom. The maximum Gasteiger partial charge on any atom is 0.0462 e. The summed E-state index contributed by atoms with van der Waals surface area (Å²) in [5, 5.41) is 3.52. The van der Waals surface area contributed by atoms with Crippen LogP contribution < -0.4 is 5.32 Å². The average Bonchev–Trinajstić information content (AvgIpc) is 2.29. The quantitative estimate of drug-likeness (QED) is 0.714. The third-order valence-corrected chi connectivity index (χ3v) is 2.80. The molecule has 1 aromatic carbocycles. The Balaban J connectivity index is 2.24. The molecule has 2 nitrogen and oxygen atoms in total. The monoisotopic (exact) mass is 221 g/mol. The van der Waals surface area contributed by atoms with Crippen LogP contribution in [0.2, 0.25) is 0 Å². The summed E-state index contributed by atoms with van der Waals surface area (Å²) >= 11 is 0. The number of hydrogen-bond donors (Lipinski definition) is 1. The van der Waals surface area contributed by atoms with Crippen molar-refractivity contribution in [2.75, 3.05) is 20.3 Å². The van der Waals surface area contributed by atoms with Gasteiger partial charge in [0.1, 0.15) is 0 Å². The summed E-state index contributed by atoms with van der Waals surface area (Å²) in [5.41, 5.74) is 2.67. The fourth-order valence-corrected chi connectivity index (χ4v) is 1.66. The highest BCUT2D eigenvalue weighted by Crippen LogP contribution is 2.12. The van der Waals surface area contributed by atoms with Crippen molar-refractivity contribution in [2.45, 2.75) is 32.7 Å². The molecule has 0 saturated carbocycles. The molecule has 0 aliphatic rings. The minimum Gasteiger partial charge on any atom is -0.385 e. The van der Waals surface area contributed by atoms with Crippen LogP contribution in [0.5, 0.6) is 0 Å². The van der Waals surface area contributed by atoms with E-state index in [4.69, 9.17) is 4.74 Å². The molecule has 2 heteroatoms. The molecule has 0 amide bonds. The number of nitrogens with one attached hydrogen (secondary N) is 1. The Hall–Kier alpha value is -0.860. The molecule has 0 aliphatic carbocycles. The van der Waals surface area contributed by atoms with Crippen molar-refractivity contribution in [2.24, 2.45) is 0 Å². The summed E-state index contributed by atoms with van der Waals surface area (Å²) in [4.78, 5) is 0. The van der Waals surface area contributed by atoms with Gasteiger partial charge in [-0.2, -0.15) is 0 Å². The molecule has 0 spiro atoms. The minimum atomic E-state index is 0.433. The van der Waals surface area contributed by atoms with Gasteiger partial charge in [-0.05, 0) is 38.8 Å². The Morgan fingerprint density at radius 1 is 1.19 bits per heavy atom. The second-order valence-electron chi connectivity index (χ2n) is 4.29. The molecule has 0 aromatic heterocycles. The van der Waals surface area contributed by atoms with Crippen molar-refractivity contribution < 1.29 is 4.74 Å². The zero-order valence-electron chi connectivity index (χ0n) is 10.6. The molecule has 0 fully saturated rings. The lowest BCUT2D eigenvalue weighted by Crippen LogP contribution is -2.20. The zero-order valence-corrected chi connectivity index (χ0v) is 10.6. The maximum atomic E-state index is 5.02. The lowest BCUT2D eigenvalue weighted by Gasteiger charge is -2.14. The van der Waals surface area contributed by atoms with Gasteiger partial charge in [-0.25, -0.2) is 0 Å². The van der Waals surface area contributed by atoms with Gasteiger partial charge in [-0.3, -0.25) is 0 Å². The minimum absolute atomic E-state index is 0.433. The van der Waals surface area contributed by atoms with Crippen LogP contribution in [-0.2, 0) is 4.74 Å². The van der Waals surface area contributed by atoms with E-state index in [1.54, 1.807) is 7.11 Å². The van der Waals surface area contributed by atoms with Gasteiger partial charge in [0.25, 0.3) is 0 Å². The summed E-state index contributed by atoms with van der Waals surface area (Å²) in [7, 11) is 1.75. The van der Waals surface area contributed by atoms with Gasteiger partial charge in [0, 0.05) is 19.8 Å². The van der Waals surface area contributed by atoms with E-state index in [-0.39, 0.29) is 0 Å². The van der Waals surface area contributed by atoms with Gasteiger partial charge in [0.15, 0.2) is 0 Å². The first-order chi connectivity index (χ1) is 7.74. The number of ether oxygens (including phenoxy) is 1. The molecule has 1 N–H and O–H groups in total. The van der Waals surface area contributed by atoms with Gasteiger partial charge >= 0.3 is 0 Å². The molecule has 1 rings (SSSR count). The molecule has 0 heterocycles. The van der Waals surface area contributed by atoms with E-state index in [9.17, 15) is 0 Å². The summed E-state index contributed by atoms with van der Waals surface area (Å²) in [5.74, 6) is 0. The van der Waals surface area contributed by atoms with E-state index in [1.165, 1.54) is 17.5 Å². The number of unbranched alkanes of at least 4 members (excludes halogenated alkanes) is 1. The first kappa shape index (κ1) is 13.2. The van der Waals surface area contributed by atoms with Crippen LogP contribution in [0.1, 0.15) is 36.9 Å². The molecule has 90 valence electrons. The van der Waals surface area contributed by atoms with Gasteiger partial charge in [-0.15, -0.1) is 0 Å². The average molecular weight is 221 g/mol. The predicted molar refractivity (Wildman–Crippen MR) is 68.7 cm³/mol. The Morgan fingerprint density at radius 3 is 2.50 bits per heavy atom. The smallest absolute Gasteiger partial charge is 0.0462 e. The van der Waals surface area contributed by atoms with Crippen molar-refractivity contribution in [3.63, 3.8) is 0 Å². The van der Waals surface area contributed by atoms with Gasteiger partial charge < -0.3 is 10.1 Å². The summed E-state index contributed by atoms with van der Waals surface area (Å²) in [6.07, 6.45) is 2.30. The summed E-state index contributed by atoms with van der Waals surface area (Å²) in [6.45, 7) is 6.24. The van der Waals surface area contributed by atoms with E-state index in [1.807, 2.05) is 0 Å². The van der Waals surface area contributed by atoms with E-state index in [0.29, 0.717) is 6.04 Å². The number of rotatable bonds is 7. The SMILES string of the molecule is COCCCCN[C@@H](C)c1ccc(C)cc1. The topological polar surface area (TPSA) is 21.3 Å². The molecule has 0 bridgehead atoms. The number of hydrogen-bond acceptors (Lipinski definition) is 2. The Labute approximate surface area is 99.0 Å².